The van der Waals surface area contributed by atoms with Gasteiger partial charge in [0.15, 0.2) is 0 Å². The lowest BCUT2D eigenvalue weighted by Crippen LogP contribution is -1.90. The molecule has 0 radical (unpaired) electrons. The zero-order valence-electron chi connectivity index (χ0n) is 8.47. The molecule has 0 aliphatic rings. The van der Waals surface area contributed by atoms with Crippen molar-refractivity contribution in [2.45, 2.75) is 6.92 Å². The van der Waals surface area contributed by atoms with Crippen molar-refractivity contribution in [2.75, 3.05) is 0 Å². The van der Waals surface area contributed by atoms with Gasteiger partial charge >= 0.3 is 0 Å². The highest BCUT2D eigenvalue weighted by Gasteiger charge is 2.09. The van der Waals surface area contributed by atoms with Crippen LogP contribution >= 0.6 is 23.2 Å². The van der Waals surface area contributed by atoms with E-state index in [1.54, 1.807) is 25.1 Å². The number of aryl methyl sites for hydroxylation is 1. The zero-order chi connectivity index (χ0) is 11.7. The number of hydrogen-bond acceptors (Lipinski definition) is 1. The molecule has 1 aromatic heterocycles. The van der Waals surface area contributed by atoms with Crippen LogP contribution in [0.1, 0.15) is 5.69 Å². The molecule has 0 aliphatic heterocycles. The summed E-state index contributed by atoms with van der Waals surface area (Å²) in [6.07, 6.45) is 0. The van der Waals surface area contributed by atoms with Crippen LogP contribution in [0.25, 0.3) is 11.3 Å². The molecule has 16 heavy (non-hydrogen) atoms. The molecule has 1 nitrogen and oxygen atoms in total. The van der Waals surface area contributed by atoms with Gasteiger partial charge < -0.3 is 0 Å². The molecular formula is C12H8Cl2FN. The van der Waals surface area contributed by atoms with E-state index in [1.807, 2.05) is 0 Å². The van der Waals surface area contributed by atoms with Crippen molar-refractivity contribution in [2.24, 2.45) is 0 Å². The summed E-state index contributed by atoms with van der Waals surface area (Å²) < 4.78 is 13.2. The summed E-state index contributed by atoms with van der Waals surface area (Å²) in [5.74, 6) is -0.335. The summed E-state index contributed by atoms with van der Waals surface area (Å²) in [6.45, 7) is 1.73. The fraction of sp³-hybridized carbons (Fsp3) is 0.0833. The van der Waals surface area contributed by atoms with E-state index in [4.69, 9.17) is 23.2 Å². The molecule has 0 bridgehead atoms. The second-order valence-electron chi connectivity index (χ2n) is 3.41. The molecule has 82 valence electrons. The first-order valence-corrected chi connectivity index (χ1v) is 5.42. The molecule has 2 aromatic rings. The van der Waals surface area contributed by atoms with Gasteiger partial charge in [0.2, 0.25) is 0 Å². The van der Waals surface area contributed by atoms with Crippen LogP contribution in [0.15, 0.2) is 30.3 Å². The van der Waals surface area contributed by atoms with Crippen molar-refractivity contribution in [1.82, 2.24) is 4.98 Å². The quantitative estimate of drug-likeness (QED) is 0.731. The average molecular weight is 256 g/mol. The highest BCUT2D eigenvalue weighted by atomic mass is 35.5. The van der Waals surface area contributed by atoms with Crippen molar-refractivity contribution in [3.8, 4) is 11.3 Å². The predicted octanol–water partition coefficient (Wildman–Crippen LogP) is 4.50. The van der Waals surface area contributed by atoms with Gasteiger partial charge in [-0.1, -0.05) is 35.3 Å². The standard InChI is InChI=1S/C12H8Cl2FN/c1-7-5-8(15)6-11(16-7)9-3-2-4-10(13)12(9)14/h2-6H,1H3. The van der Waals surface area contributed by atoms with E-state index in [0.29, 0.717) is 27.0 Å². The Bertz CT molecular complexity index is 520. The molecule has 0 N–H and O–H groups in total. The molecule has 0 spiro atoms. The van der Waals surface area contributed by atoms with E-state index in [1.165, 1.54) is 12.1 Å². The van der Waals surface area contributed by atoms with Crippen molar-refractivity contribution in [1.29, 1.82) is 0 Å². The molecule has 0 saturated heterocycles. The topological polar surface area (TPSA) is 12.9 Å². The fourth-order valence-corrected chi connectivity index (χ4v) is 1.86. The maximum Gasteiger partial charge on any atom is 0.127 e. The summed E-state index contributed by atoms with van der Waals surface area (Å²) in [6, 6.07) is 7.90. The molecule has 0 saturated carbocycles. The lowest BCUT2D eigenvalue weighted by atomic mass is 10.1. The van der Waals surface area contributed by atoms with Gasteiger partial charge in [-0.2, -0.15) is 0 Å². The van der Waals surface area contributed by atoms with Crippen LogP contribution in [-0.4, -0.2) is 4.98 Å². The number of halogens is 3. The maximum absolute atomic E-state index is 13.2. The summed E-state index contributed by atoms with van der Waals surface area (Å²) in [5.41, 5.74) is 1.73. The first-order chi connectivity index (χ1) is 7.58. The van der Waals surface area contributed by atoms with Gasteiger partial charge in [0, 0.05) is 17.3 Å². The van der Waals surface area contributed by atoms with Gasteiger partial charge in [-0.25, -0.2) is 4.39 Å². The molecule has 0 amide bonds. The van der Waals surface area contributed by atoms with Gasteiger partial charge in [0.05, 0.1) is 15.7 Å². The Morgan fingerprint density at radius 1 is 1.19 bits per heavy atom. The maximum atomic E-state index is 13.2. The van der Waals surface area contributed by atoms with Crippen molar-refractivity contribution < 1.29 is 4.39 Å². The van der Waals surface area contributed by atoms with Crippen LogP contribution < -0.4 is 0 Å². The minimum atomic E-state index is -0.335. The Labute approximate surface area is 103 Å². The molecular weight excluding hydrogens is 248 g/mol. The van der Waals surface area contributed by atoms with Crippen LogP contribution in [0.2, 0.25) is 10.0 Å². The van der Waals surface area contributed by atoms with Gasteiger partial charge in [-0.15, -0.1) is 0 Å². The Morgan fingerprint density at radius 3 is 2.62 bits per heavy atom. The van der Waals surface area contributed by atoms with E-state index >= 15 is 0 Å². The number of rotatable bonds is 1. The number of aromatic nitrogens is 1. The Balaban J connectivity index is 2.63. The van der Waals surface area contributed by atoms with Crippen molar-refractivity contribution in [3.05, 3.63) is 51.9 Å². The lowest BCUT2D eigenvalue weighted by Gasteiger charge is -2.06. The van der Waals surface area contributed by atoms with E-state index < -0.39 is 0 Å². The smallest absolute Gasteiger partial charge is 0.127 e. The predicted molar refractivity (Wildman–Crippen MR) is 64.4 cm³/mol. The number of hydrogen-bond donors (Lipinski definition) is 0. The van der Waals surface area contributed by atoms with Gasteiger partial charge in [-0.05, 0) is 19.1 Å². The molecule has 0 atom stereocenters. The third kappa shape index (κ3) is 2.18. The van der Waals surface area contributed by atoms with Crippen molar-refractivity contribution >= 4 is 23.2 Å². The summed E-state index contributed by atoms with van der Waals surface area (Å²) in [5, 5.41) is 0.824. The lowest BCUT2D eigenvalue weighted by molar-refractivity contribution is 0.624. The van der Waals surface area contributed by atoms with Gasteiger partial charge in [-0.3, -0.25) is 4.98 Å². The molecule has 0 aliphatic carbocycles. The SMILES string of the molecule is Cc1cc(F)cc(-c2cccc(Cl)c2Cl)n1. The van der Waals surface area contributed by atoms with Crippen LogP contribution in [0.5, 0.6) is 0 Å². The van der Waals surface area contributed by atoms with Gasteiger partial charge in [0.1, 0.15) is 5.82 Å². The van der Waals surface area contributed by atoms with Crippen LogP contribution in [-0.2, 0) is 0 Å². The van der Waals surface area contributed by atoms with Crippen LogP contribution in [0.3, 0.4) is 0 Å². The van der Waals surface area contributed by atoms with Crippen molar-refractivity contribution in [3.63, 3.8) is 0 Å². The second kappa shape index (κ2) is 4.40. The summed E-state index contributed by atoms with van der Waals surface area (Å²) in [4.78, 5) is 4.22. The summed E-state index contributed by atoms with van der Waals surface area (Å²) in [7, 11) is 0. The molecule has 2 rings (SSSR count). The van der Waals surface area contributed by atoms with E-state index in [2.05, 4.69) is 4.98 Å². The molecule has 4 heteroatoms. The van der Waals surface area contributed by atoms with E-state index in [9.17, 15) is 4.39 Å². The Morgan fingerprint density at radius 2 is 1.94 bits per heavy atom. The third-order valence-corrected chi connectivity index (χ3v) is 2.96. The highest BCUT2D eigenvalue weighted by Crippen LogP contribution is 2.32. The molecule has 1 aromatic carbocycles. The largest absolute Gasteiger partial charge is 0.253 e. The van der Waals surface area contributed by atoms with Crippen LogP contribution in [0.4, 0.5) is 4.39 Å². The minimum absolute atomic E-state index is 0.335. The van der Waals surface area contributed by atoms with Crippen LogP contribution in [0, 0.1) is 12.7 Å². The molecule has 0 unspecified atom stereocenters. The van der Waals surface area contributed by atoms with E-state index in [-0.39, 0.29) is 5.82 Å². The highest BCUT2D eigenvalue weighted by molar-refractivity contribution is 6.43. The Hall–Kier alpha value is -1.12. The molecule has 1 heterocycles. The zero-order valence-corrected chi connectivity index (χ0v) is 9.98. The minimum Gasteiger partial charge on any atom is -0.253 e. The van der Waals surface area contributed by atoms with E-state index in [0.717, 1.165) is 0 Å². The Kier molecular flexibility index (Phi) is 3.13. The first-order valence-electron chi connectivity index (χ1n) is 4.66. The monoisotopic (exact) mass is 255 g/mol. The first kappa shape index (κ1) is 11.4. The molecule has 0 fully saturated rings. The average Bonchev–Trinajstić information content (AvgIpc) is 2.20. The fourth-order valence-electron chi connectivity index (χ4n) is 1.47. The number of pyridine rings is 1. The number of benzene rings is 1. The van der Waals surface area contributed by atoms with Gasteiger partial charge in [0.25, 0.3) is 0 Å². The second-order valence-corrected chi connectivity index (χ2v) is 4.20. The summed E-state index contributed by atoms with van der Waals surface area (Å²) >= 11 is 11.9. The number of nitrogens with zero attached hydrogens (tertiary/aromatic N) is 1. The third-order valence-electron chi connectivity index (χ3n) is 2.15. The normalized spacial score (nSPS) is 10.5.